The summed E-state index contributed by atoms with van der Waals surface area (Å²) in [5.41, 5.74) is -1.50. The summed E-state index contributed by atoms with van der Waals surface area (Å²) in [5, 5.41) is 22.5. The molecule has 15 heteroatoms. The van der Waals surface area contributed by atoms with Gasteiger partial charge in [0.25, 0.3) is 21.4 Å². The highest BCUT2D eigenvalue weighted by Crippen LogP contribution is 2.32. The summed E-state index contributed by atoms with van der Waals surface area (Å²) in [6, 6.07) is 8.89. The van der Waals surface area contributed by atoms with Gasteiger partial charge in [-0.1, -0.05) is 0 Å². The van der Waals surface area contributed by atoms with Crippen LogP contribution in [0.25, 0.3) is 5.82 Å². The van der Waals surface area contributed by atoms with Crippen LogP contribution in [-0.2, 0) is 10.0 Å². The van der Waals surface area contributed by atoms with Crippen molar-refractivity contribution < 1.29 is 23.0 Å². The summed E-state index contributed by atoms with van der Waals surface area (Å²) < 4.78 is 35.3. The van der Waals surface area contributed by atoms with Crippen LogP contribution in [0, 0.1) is 34.1 Å². The number of nitro benzene ring substituents is 2. The molecule has 0 aliphatic rings. The van der Waals surface area contributed by atoms with E-state index in [9.17, 15) is 28.6 Å². The second-order valence-electron chi connectivity index (χ2n) is 7.39. The molecule has 0 saturated heterocycles. The molecule has 0 aliphatic heterocycles. The molecule has 0 atom stereocenters. The van der Waals surface area contributed by atoms with E-state index in [4.69, 9.17) is 4.74 Å². The Hall–Kier alpha value is -4.92. The van der Waals surface area contributed by atoms with Crippen molar-refractivity contribution in [2.45, 2.75) is 18.7 Å². The van der Waals surface area contributed by atoms with Gasteiger partial charge in [0, 0.05) is 36.3 Å². The van der Waals surface area contributed by atoms with Crippen molar-refractivity contribution in [3.63, 3.8) is 0 Å². The number of hydrogen-bond donors (Lipinski definition) is 1. The van der Waals surface area contributed by atoms with Crippen molar-refractivity contribution in [1.29, 1.82) is 0 Å². The number of anilines is 1. The van der Waals surface area contributed by atoms with E-state index in [0.29, 0.717) is 11.6 Å². The predicted molar refractivity (Wildman–Crippen MR) is 126 cm³/mol. The number of aryl methyl sites for hydroxylation is 1. The molecule has 14 nitrogen and oxygen atoms in total. The third-order valence-electron chi connectivity index (χ3n) is 5.06. The minimum Gasteiger partial charge on any atom is -0.439 e. The van der Waals surface area contributed by atoms with E-state index < -0.39 is 36.1 Å². The highest BCUT2D eigenvalue weighted by molar-refractivity contribution is 7.92. The Morgan fingerprint density at radius 3 is 2.14 bits per heavy atom. The van der Waals surface area contributed by atoms with Gasteiger partial charge in [-0.25, -0.2) is 23.4 Å². The lowest BCUT2D eigenvalue weighted by Crippen LogP contribution is -2.14. The van der Waals surface area contributed by atoms with Gasteiger partial charge in [0.1, 0.15) is 34.2 Å². The first-order valence-electron chi connectivity index (χ1n) is 10.1. The van der Waals surface area contributed by atoms with Crippen molar-refractivity contribution in [2.24, 2.45) is 0 Å². The van der Waals surface area contributed by atoms with Crippen LogP contribution in [0.15, 0.2) is 66.1 Å². The van der Waals surface area contributed by atoms with Crippen molar-refractivity contribution in [3.05, 3.63) is 92.8 Å². The molecular formula is C21H17N7O7S. The van der Waals surface area contributed by atoms with E-state index in [1.165, 1.54) is 37.5 Å². The molecule has 0 amide bonds. The molecule has 4 rings (SSSR count). The molecule has 36 heavy (non-hydrogen) atoms. The quantitative estimate of drug-likeness (QED) is 0.270. The number of hydrogen-bond acceptors (Lipinski definition) is 10. The predicted octanol–water partition coefficient (Wildman–Crippen LogP) is 3.69. The number of sulfonamides is 1. The van der Waals surface area contributed by atoms with Gasteiger partial charge in [0.15, 0.2) is 0 Å². The smallest absolute Gasteiger partial charge is 0.280 e. The lowest BCUT2D eigenvalue weighted by molar-refractivity contribution is -0.395. The number of ether oxygens (including phenoxy) is 1. The van der Waals surface area contributed by atoms with E-state index in [1.54, 1.807) is 23.0 Å². The molecule has 2 aromatic carbocycles. The Balaban J connectivity index is 1.55. The number of benzene rings is 2. The number of rotatable bonds is 8. The lowest BCUT2D eigenvalue weighted by atomic mass is 10.1. The fourth-order valence-electron chi connectivity index (χ4n) is 3.26. The minimum absolute atomic E-state index is 0.102. The van der Waals surface area contributed by atoms with Crippen molar-refractivity contribution in [3.8, 4) is 17.4 Å². The summed E-state index contributed by atoms with van der Waals surface area (Å²) >= 11 is 0. The molecule has 0 fully saturated rings. The van der Waals surface area contributed by atoms with Crippen LogP contribution in [0.3, 0.4) is 0 Å². The van der Waals surface area contributed by atoms with Gasteiger partial charge in [-0.2, -0.15) is 0 Å². The van der Waals surface area contributed by atoms with Gasteiger partial charge in [-0.3, -0.25) is 29.5 Å². The maximum absolute atomic E-state index is 12.8. The van der Waals surface area contributed by atoms with Gasteiger partial charge in [0.05, 0.1) is 9.85 Å². The number of imidazole rings is 1. The molecular weight excluding hydrogens is 494 g/mol. The highest BCUT2D eigenvalue weighted by atomic mass is 32.2. The molecule has 2 heterocycles. The summed E-state index contributed by atoms with van der Waals surface area (Å²) in [6.45, 7) is 2.99. The second-order valence-corrected chi connectivity index (χ2v) is 9.07. The Bertz CT molecular complexity index is 1550. The Morgan fingerprint density at radius 2 is 1.58 bits per heavy atom. The van der Waals surface area contributed by atoms with Crippen LogP contribution >= 0.6 is 0 Å². The Kier molecular flexibility index (Phi) is 6.31. The van der Waals surface area contributed by atoms with Gasteiger partial charge >= 0.3 is 0 Å². The lowest BCUT2D eigenvalue weighted by Gasteiger charge is -2.11. The van der Waals surface area contributed by atoms with E-state index in [2.05, 4.69) is 19.7 Å². The fourth-order valence-corrected chi connectivity index (χ4v) is 4.35. The largest absolute Gasteiger partial charge is 0.439 e. The van der Waals surface area contributed by atoms with E-state index in [1.807, 2.05) is 6.92 Å². The average molecular weight is 511 g/mol. The molecule has 0 spiro atoms. The van der Waals surface area contributed by atoms with Gasteiger partial charge in [0.2, 0.25) is 5.88 Å². The zero-order valence-electron chi connectivity index (χ0n) is 18.7. The highest BCUT2D eigenvalue weighted by Gasteiger charge is 2.28. The van der Waals surface area contributed by atoms with E-state index >= 15 is 0 Å². The normalized spacial score (nSPS) is 11.2. The number of aromatic nitrogens is 4. The first-order chi connectivity index (χ1) is 17.0. The molecule has 0 aliphatic carbocycles. The topological polar surface area (TPSA) is 185 Å². The monoisotopic (exact) mass is 511 g/mol. The SMILES string of the molecule is Cc1c([N+](=O)[O-])cc(S(=O)(=O)Nc2ccc(Oc3cc(-n4ccnc4C)ncn3)cc2)cc1[N+](=O)[O-]. The van der Waals surface area contributed by atoms with Crippen molar-refractivity contribution in [2.75, 3.05) is 4.72 Å². The third kappa shape index (κ3) is 4.95. The van der Waals surface area contributed by atoms with Crippen LogP contribution in [0.2, 0.25) is 0 Å². The van der Waals surface area contributed by atoms with Crippen molar-refractivity contribution in [1.82, 2.24) is 19.5 Å². The van der Waals surface area contributed by atoms with E-state index in [-0.39, 0.29) is 17.1 Å². The summed E-state index contributed by atoms with van der Waals surface area (Å²) in [4.78, 5) is 32.5. The molecule has 2 aromatic heterocycles. The average Bonchev–Trinajstić information content (AvgIpc) is 3.26. The zero-order valence-corrected chi connectivity index (χ0v) is 19.5. The maximum Gasteiger partial charge on any atom is 0.280 e. The van der Waals surface area contributed by atoms with Crippen LogP contribution < -0.4 is 9.46 Å². The van der Waals surface area contributed by atoms with Gasteiger partial charge in [-0.15, -0.1) is 0 Å². The number of nitrogens with one attached hydrogen (secondary N) is 1. The Morgan fingerprint density at radius 1 is 0.944 bits per heavy atom. The third-order valence-corrected chi connectivity index (χ3v) is 6.42. The van der Waals surface area contributed by atoms with Crippen LogP contribution in [0.1, 0.15) is 11.4 Å². The molecule has 184 valence electrons. The number of nitro groups is 2. The maximum atomic E-state index is 12.8. The summed E-state index contributed by atoms with van der Waals surface area (Å²) in [6.07, 6.45) is 4.69. The zero-order chi connectivity index (χ0) is 26.0. The first-order valence-corrected chi connectivity index (χ1v) is 11.6. The van der Waals surface area contributed by atoms with E-state index in [0.717, 1.165) is 18.0 Å². The van der Waals surface area contributed by atoms with Crippen LogP contribution in [-0.4, -0.2) is 37.8 Å². The fraction of sp³-hybridized carbons (Fsp3) is 0.0952. The molecule has 4 aromatic rings. The molecule has 1 N–H and O–H groups in total. The molecule has 0 saturated carbocycles. The summed E-state index contributed by atoms with van der Waals surface area (Å²) in [5.74, 6) is 1.84. The van der Waals surface area contributed by atoms with Gasteiger partial charge < -0.3 is 4.74 Å². The first kappa shape index (κ1) is 24.2. The van der Waals surface area contributed by atoms with Crippen LogP contribution in [0.5, 0.6) is 11.6 Å². The van der Waals surface area contributed by atoms with Gasteiger partial charge in [-0.05, 0) is 38.1 Å². The molecule has 0 bridgehead atoms. The van der Waals surface area contributed by atoms with Crippen molar-refractivity contribution >= 4 is 27.1 Å². The molecule has 0 radical (unpaired) electrons. The Labute approximate surface area is 203 Å². The number of nitrogens with zero attached hydrogens (tertiary/aromatic N) is 6. The molecule has 0 unspecified atom stereocenters. The standard InChI is InChI=1S/C21H17N7O7S/c1-13-18(27(29)30)9-17(10-19(13)28(31)32)36(33,34)25-15-3-5-16(6-4-15)35-21-11-20(23-12-24-21)26-8-7-22-14(26)2/h3-12,25H,1-2H3. The van der Waals surface area contributed by atoms with Crippen LogP contribution in [0.4, 0.5) is 17.1 Å². The second kappa shape index (κ2) is 9.38. The summed E-state index contributed by atoms with van der Waals surface area (Å²) in [7, 11) is -4.38. The minimum atomic E-state index is -4.38.